The molecule has 3 N–H and O–H groups in total. The van der Waals surface area contributed by atoms with Gasteiger partial charge >= 0.3 is 0 Å². The Hall–Kier alpha value is -0.490. The Kier molecular flexibility index (Phi) is 4.21. The molecular formula is C10H18N2O2S. The molecule has 0 amide bonds. The van der Waals surface area contributed by atoms with Crippen LogP contribution in [-0.4, -0.2) is 33.9 Å². The molecule has 1 aromatic heterocycles. The largest absolute Gasteiger partial charge is 0.393 e. The van der Waals surface area contributed by atoms with Gasteiger partial charge in [-0.25, -0.2) is 4.98 Å². The second kappa shape index (κ2) is 5.03. The van der Waals surface area contributed by atoms with Crippen molar-refractivity contribution in [3.05, 3.63) is 16.1 Å². The summed E-state index contributed by atoms with van der Waals surface area (Å²) in [6.45, 7) is 5.71. The molecule has 0 spiro atoms. The van der Waals surface area contributed by atoms with Gasteiger partial charge in [-0.1, -0.05) is 0 Å². The number of aromatic nitrogens is 1. The van der Waals surface area contributed by atoms with Crippen molar-refractivity contribution in [2.45, 2.75) is 32.4 Å². The van der Waals surface area contributed by atoms with E-state index in [2.05, 4.69) is 10.3 Å². The summed E-state index contributed by atoms with van der Waals surface area (Å²) >= 11 is 1.60. The predicted octanol–water partition coefficient (Wildman–Crippen LogP) is 0.845. The van der Waals surface area contributed by atoms with Gasteiger partial charge in [0.2, 0.25) is 0 Å². The molecule has 86 valence electrons. The summed E-state index contributed by atoms with van der Waals surface area (Å²) in [6.07, 6.45) is 0. The Bertz CT molecular complexity index is 312. The smallest absolute Gasteiger partial charge is 0.0973 e. The maximum atomic E-state index is 9.61. The molecular weight excluding hydrogens is 212 g/mol. The first kappa shape index (κ1) is 12.6. The van der Waals surface area contributed by atoms with Gasteiger partial charge in [0.25, 0.3) is 0 Å². The highest BCUT2D eigenvalue weighted by molar-refractivity contribution is 7.09. The van der Waals surface area contributed by atoms with Crippen molar-refractivity contribution in [2.24, 2.45) is 0 Å². The minimum Gasteiger partial charge on any atom is -0.393 e. The van der Waals surface area contributed by atoms with Gasteiger partial charge < -0.3 is 15.5 Å². The fraction of sp³-hybridized carbons (Fsp3) is 0.700. The lowest BCUT2D eigenvalue weighted by Crippen LogP contribution is -2.41. The number of nitrogens with one attached hydrogen (secondary N) is 1. The van der Waals surface area contributed by atoms with Crippen molar-refractivity contribution in [3.8, 4) is 0 Å². The number of thiazole rings is 1. The van der Waals surface area contributed by atoms with Gasteiger partial charge in [0.05, 0.1) is 23.4 Å². The number of aryl methyl sites for hydroxylation is 1. The Morgan fingerprint density at radius 3 is 2.80 bits per heavy atom. The van der Waals surface area contributed by atoms with Crippen LogP contribution < -0.4 is 5.32 Å². The third-order valence-corrected chi connectivity index (χ3v) is 3.42. The van der Waals surface area contributed by atoms with Crippen LogP contribution in [-0.2, 0) is 0 Å². The van der Waals surface area contributed by atoms with Crippen LogP contribution in [0.2, 0.25) is 0 Å². The molecule has 2 atom stereocenters. The van der Waals surface area contributed by atoms with Crippen molar-refractivity contribution in [3.63, 3.8) is 0 Å². The Morgan fingerprint density at radius 2 is 2.33 bits per heavy atom. The molecule has 0 aliphatic rings. The topological polar surface area (TPSA) is 65.4 Å². The number of aliphatic hydroxyl groups excluding tert-OH is 1. The van der Waals surface area contributed by atoms with Crippen LogP contribution in [0.5, 0.6) is 0 Å². The maximum absolute atomic E-state index is 9.61. The van der Waals surface area contributed by atoms with E-state index in [1.165, 1.54) is 4.88 Å². The summed E-state index contributed by atoms with van der Waals surface area (Å²) in [5.41, 5.74) is 1.77. The van der Waals surface area contributed by atoms with Gasteiger partial charge in [0.15, 0.2) is 0 Å². The van der Waals surface area contributed by atoms with Crippen molar-refractivity contribution >= 4 is 11.3 Å². The molecule has 4 nitrogen and oxygen atoms in total. The van der Waals surface area contributed by atoms with E-state index in [-0.39, 0.29) is 12.6 Å². The number of nitrogens with zero attached hydrogens (tertiary/aromatic N) is 1. The SMILES string of the molecule is Cc1ncsc1C(C)NCC(C)(O)CO. The Labute approximate surface area is 94.0 Å². The highest BCUT2D eigenvalue weighted by atomic mass is 32.1. The van der Waals surface area contributed by atoms with Crippen molar-refractivity contribution in [1.29, 1.82) is 0 Å². The lowest BCUT2D eigenvalue weighted by atomic mass is 10.1. The van der Waals surface area contributed by atoms with Crippen LogP contribution in [0.4, 0.5) is 0 Å². The molecule has 1 heterocycles. The lowest BCUT2D eigenvalue weighted by molar-refractivity contribution is 0.00111. The standard InChI is InChI=1S/C10H18N2O2S/c1-7(9-8(2)12-6-15-9)11-4-10(3,14)5-13/h6-7,11,13-14H,4-5H2,1-3H3. The Morgan fingerprint density at radius 1 is 1.67 bits per heavy atom. The van der Waals surface area contributed by atoms with E-state index < -0.39 is 5.60 Å². The van der Waals surface area contributed by atoms with Gasteiger partial charge in [-0.05, 0) is 20.8 Å². The second-order valence-electron chi connectivity index (χ2n) is 4.06. The highest BCUT2D eigenvalue weighted by Gasteiger charge is 2.20. The van der Waals surface area contributed by atoms with E-state index in [9.17, 15) is 5.11 Å². The number of aliphatic hydroxyl groups is 2. The fourth-order valence-electron chi connectivity index (χ4n) is 1.25. The van der Waals surface area contributed by atoms with Crippen LogP contribution >= 0.6 is 11.3 Å². The van der Waals surface area contributed by atoms with E-state index in [0.29, 0.717) is 6.54 Å². The van der Waals surface area contributed by atoms with Crippen molar-refractivity contribution in [1.82, 2.24) is 10.3 Å². The molecule has 0 aromatic carbocycles. The third kappa shape index (κ3) is 3.53. The van der Waals surface area contributed by atoms with Gasteiger partial charge in [-0.15, -0.1) is 11.3 Å². The summed E-state index contributed by atoms with van der Waals surface area (Å²) in [5, 5.41) is 21.7. The van der Waals surface area contributed by atoms with Crippen LogP contribution in [0.25, 0.3) is 0 Å². The van der Waals surface area contributed by atoms with Crippen molar-refractivity contribution in [2.75, 3.05) is 13.2 Å². The highest BCUT2D eigenvalue weighted by Crippen LogP contribution is 2.21. The van der Waals surface area contributed by atoms with Crippen LogP contribution in [0.15, 0.2) is 5.51 Å². The summed E-state index contributed by atoms with van der Waals surface area (Å²) in [7, 11) is 0. The first-order valence-electron chi connectivity index (χ1n) is 4.93. The minimum atomic E-state index is -1.06. The Balaban J connectivity index is 2.50. The molecule has 0 radical (unpaired) electrons. The van der Waals surface area contributed by atoms with Gasteiger partial charge in [0.1, 0.15) is 0 Å². The predicted molar refractivity (Wildman–Crippen MR) is 61.0 cm³/mol. The average Bonchev–Trinajstić information content (AvgIpc) is 2.61. The fourth-order valence-corrected chi connectivity index (χ4v) is 2.08. The van der Waals surface area contributed by atoms with E-state index in [4.69, 9.17) is 5.11 Å². The molecule has 2 unspecified atom stereocenters. The van der Waals surface area contributed by atoms with E-state index >= 15 is 0 Å². The van der Waals surface area contributed by atoms with Crippen LogP contribution in [0.3, 0.4) is 0 Å². The molecule has 0 fully saturated rings. The maximum Gasteiger partial charge on any atom is 0.0973 e. The van der Waals surface area contributed by atoms with Gasteiger partial charge in [-0.2, -0.15) is 0 Å². The van der Waals surface area contributed by atoms with Crippen molar-refractivity contribution < 1.29 is 10.2 Å². The third-order valence-electron chi connectivity index (χ3n) is 2.31. The molecule has 0 aliphatic heterocycles. The van der Waals surface area contributed by atoms with Gasteiger partial charge in [0, 0.05) is 17.5 Å². The summed E-state index contributed by atoms with van der Waals surface area (Å²) < 4.78 is 0. The zero-order valence-electron chi connectivity index (χ0n) is 9.32. The summed E-state index contributed by atoms with van der Waals surface area (Å²) in [6, 6.07) is 0.149. The summed E-state index contributed by atoms with van der Waals surface area (Å²) in [4.78, 5) is 5.34. The number of hydrogen-bond acceptors (Lipinski definition) is 5. The van der Waals surface area contributed by atoms with Crippen LogP contribution in [0.1, 0.15) is 30.5 Å². The summed E-state index contributed by atoms with van der Waals surface area (Å²) in [5.74, 6) is 0. The molecule has 5 heteroatoms. The van der Waals surface area contributed by atoms with E-state index in [0.717, 1.165) is 5.69 Å². The molecule has 0 bridgehead atoms. The average molecular weight is 230 g/mol. The monoisotopic (exact) mass is 230 g/mol. The first-order chi connectivity index (χ1) is 6.96. The lowest BCUT2D eigenvalue weighted by Gasteiger charge is -2.23. The zero-order valence-corrected chi connectivity index (χ0v) is 10.1. The molecule has 0 aliphatic carbocycles. The van der Waals surface area contributed by atoms with Crippen LogP contribution in [0, 0.1) is 6.92 Å². The number of rotatable bonds is 5. The normalized spacial score (nSPS) is 17.4. The van der Waals surface area contributed by atoms with E-state index in [1.807, 2.05) is 19.4 Å². The first-order valence-corrected chi connectivity index (χ1v) is 5.81. The minimum absolute atomic E-state index is 0.149. The quantitative estimate of drug-likeness (QED) is 0.701. The molecule has 15 heavy (non-hydrogen) atoms. The second-order valence-corrected chi connectivity index (χ2v) is 4.95. The molecule has 1 aromatic rings. The molecule has 0 saturated carbocycles. The van der Waals surface area contributed by atoms with Gasteiger partial charge in [-0.3, -0.25) is 0 Å². The molecule has 0 saturated heterocycles. The zero-order chi connectivity index (χ0) is 11.5. The number of hydrogen-bond donors (Lipinski definition) is 3. The molecule has 1 rings (SSSR count). The van der Waals surface area contributed by atoms with E-state index in [1.54, 1.807) is 18.3 Å².